The quantitative estimate of drug-likeness (QED) is 0.756. The summed E-state index contributed by atoms with van der Waals surface area (Å²) in [6, 6.07) is 1.91. The molecule has 1 amide bonds. The molecule has 1 aliphatic rings. The molecule has 0 unspecified atom stereocenters. The first-order valence-corrected chi connectivity index (χ1v) is 10.1. The monoisotopic (exact) mass is 374 g/mol. The third-order valence-corrected chi connectivity index (χ3v) is 5.74. The van der Waals surface area contributed by atoms with Crippen molar-refractivity contribution in [2.45, 2.75) is 65.3 Å². The molecule has 7 heteroatoms. The highest BCUT2D eigenvalue weighted by molar-refractivity contribution is 7.12. The largest absolute Gasteiger partial charge is 0.356 e. The van der Waals surface area contributed by atoms with Crippen LogP contribution in [0.25, 0.3) is 0 Å². The van der Waals surface area contributed by atoms with Crippen LogP contribution in [0.5, 0.6) is 0 Å². The van der Waals surface area contributed by atoms with E-state index in [0.29, 0.717) is 13.0 Å². The van der Waals surface area contributed by atoms with Gasteiger partial charge in [-0.1, -0.05) is 6.42 Å². The average molecular weight is 375 g/mol. The Morgan fingerprint density at radius 3 is 2.81 bits per heavy atom. The van der Waals surface area contributed by atoms with Crippen LogP contribution in [0.3, 0.4) is 0 Å². The van der Waals surface area contributed by atoms with Crippen LogP contribution in [0, 0.1) is 13.8 Å². The molecule has 0 aromatic carbocycles. The van der Waals surface area contributed by atoms with Crippen molar-refractivity contribution in [1.29, 1.82) is 0 Å². The van der Waals surface area contributed by atoms with Crippen molar-refractivity contribution in [2.75, 3.05) is 6.54 Å². The van der Waals surface area contributed by atoms with Gasteiger partial charge in [0, 0.05) is 54.1 Å². The van der Waals surface area contributed by atoms with Crippen LogP contribution in [-0.2, 0) is 24.2 Å². The Kier molecular flexibility index (Phi) is 6.19. The number of nitrogens with zero attached hydrogens (tertiary/aromatic N) is 3. The highest BCUT2D eigenvalue weighted by Gasteiger charge is 2.16. The maximum Gasteiger partial charge on any atom is 0.220 e. The fourth-order valence-corrected chi connectivity index (χ4v) is 4.34. The third kappa shape index (κ3) is 4.58. The van der Waals surface area contributed by atoms with Crippen LogP contribution in [0.2, 0.25) is 0 Å². The highest BCUT2D eigenvalue weighted by atomic mass is 32.1. The number of nitrogens with one attached hydrogen (secondary N) is 1. The fraction of sp³-hybridized carbons (Fsp3) is 0.579. The molecule has 0 saturated heterocycles. The molecule has 140 valence electrons. The smallest absolute Gasteiger partial charge is 0.220 e. The van der Waals surface area contributed by atoms with Gasteiger partial charge in [0.05, 0.1) is 0 Å². The fourth-order valence-electron chi connectivity index (χ4n) is 3.40. The summed E-state index contributed by atoms with van der Waals surface area (Å²) in [7, 11) is 0. The zero-order chi connectivity index (χ0) is 18.5. The first-order chi connectivity index (χ1) is 12.5. The van der Waals surface area contributed by atoms with Crippen LogP contribution >= 0.6 is 11.3 Å². The topological polar surface area (TPSA) is 76.9 Å². The molecule has 0 aliphatic carbocycles. The molecule has 3 heterocycles. The minimum Gasteiger partial charge on any atom is -0.356 e. The summed E-state index contributed by atoms with van der Waals surface area (Å²) in [4.78, 5) is 26.4. The van der Waals surface area contributed by atoms with Gasteiger partial charge in [-0.25, -0.2) is 0 Å². The van der Waals surface area contributed by atoms with E-state index in [1.54, 1.807) is 11.3 Å². The van der Waals surface area contributed by atoms with Gasteiger partial charge in [-0.3, -0.25) is 9.59 Å². The lowest BCUT2D eigenvalue weighted by molar-refractivity contribution is -0.121. The van der Waals surface area contributed by atoms with Gasteiger partial charge in [0.15, 0.2) is 5.78 Å². The van der Waals surface area contributed by atoms with Crippen LogP contribution < -0.4 is 5.32 Å². The summed E-state index contributed by atoms with van der Waals surface area (Å²) in [5.74, 6) is 1.97. The summed E-state index contributed by atoms with van der Waals surface area (Å²) < 4.78 is 2.20. The van der Waals surface area contributed by atoms with Gasteiger partial charge in [-0.05, 0) is 32.8 Å². The van der Waals surface area contributed by atoms with Gasteiger partial charge in [0.25, 0.3) is 0 Å². The predicted octanol–water partition coefficient (Wildman–Crippen LogP) is 3.00. The number of aryl methyl sites for hydroxylation is 3. The van der Waals surface area contributed by atoms with Crippen LogP contribution in [0.15, 0.2) is 6.07 Å². The Bertz CT molecular complexity index is 794. The predicted molar refractivity (Wildman–Crippen MR) is 102 cm³/mol. The molecule has 2 aromatic heterocycles. The number of thiophene rings is 1. The molecule has 26 heavy (non-hydrogen) atoms. The Labute approximate surface area is 158 Å². The number of hydrogen-bond acceptors (Lipinski definition) is 5. The first kappa shape index (κ1) is 18.8. The van der Waals surface area contributed by atoms with E-state index in [4.69, 9.17) is 0 Å². The lowest BCUT2D eigenvalue weighted by Crippen LogP contribution is -2.27. The molecule has 0 bridgehead atoms. The SMILES string of the molecule is Cc1cc(C(=O)CCC(=O)NCCc2nnc3n2CCCCC3)c(C)s1. The summed E-state index contributed by atoms with van der Waals surface area (Å²) in [5.41, 5.74) is 0.756. The van der Waals surface area contributed by atoms with Gasteiger partial charge in [-0.2, -0.15) is 0 Å². The maximum absolute atomic E-state index is 12.2. The molecular formula is C19H26N4O2S. The van der Waals surface area contributed by atoms with E-state index < -0.39 is 0 Å². The second-order valence-electron chi connectivity index (χ2n) is 6.84. The Morgan fingerprint density at radius 2 is 2.04 bits per heavy atom. The normalized spacial score (nSPS) is 13.9. The first-order valence-electron chi connectivity index (χ1n) is 9.32. The van der Waals surface area contributed by atoms with Gasteiger partial charge in [0.1, 0.15) is 11.6 Å². The molecule has 0 fully saturated rings. The lowest BCUT2D eigenvalue weighted by Gasteiger charge is -2.08. The van der Waals surface area contributed by atoms with Crippen molar-refractivity contribution in [3.8, 4) is 0 Å². The summed E-state index contributed by atoms with van der Waals surface area (Å²) in [5, 5.41) is 11.4. The van der Waals surface area contributed by atoms with Crippen molar-refractivity contribution < 1.29 is 9.59 Å². The lowest BCUT2D eigenvalue weighted by atomic mass is 10.1. The number of rotatable bonds is 7. The average Bonchev–Trinajstić information content (AvgIpc) is 3.06. The zero-order valence-corrected chi connectivity index (χ0v) is 16.3. The number of carbonyl (C=O) groups excluding carboxylic acids is 2. The second kappa shape index (κ2) is 8.58. The molecule has 6 nitrogen and oxygen atoms in total. The number of Topliss-reactive ketones (excluding diaryl/α,β-unsaturated/α-hetero) is 1. The summed E-state index contributed by atoms with van der Waals surface area (Å²) in [6.45, 7) is 5.44. The van der Waals surface area contributed by atoms with Gasteiger partial charge in [0.2, 0.25) is 5.91 Å². The zero-order valence-electron chi connectivity index (χ0n) is 15.5. The molecular weight excluding hydrogens is 348 g/mol. The number of amides is 1. The number of hydrogen-bond donors (Lipinski definition) is 1. The molecule has 3 rings (SSSR count). The van der Waals surface area contributed by atoms with Gasteiger partial charge >= 0.3 is 0 Å². The number of aromatic nitrogens is 3. The Morgan fingerprint density at radius 1 is 1.19 bits per heavy atom. The van der Waals surface area contributed by atoms with E-state index in [1.807, 2.05) is 19.9 Å². The van der Waals surface area contributed by atoms with Crippen molar-refractivity contribution in [3.05, 3.63) is 33.0 Å². The second-order valence-corrected chi connectivity index (χ2v) is 8.31. The van der Waals surface area contributed by atoms with Crippen molar-refractivity contribution >= 4 is 23.0 Å². The van der Waals surface area contributed by atoms with Gasteiger partial charge in [-0.15, -0.1) is 21.5 Å². The Hall–Kier alpha value is -2.02. The molecule has 1 aliphatic heterocycles. The summed E-state index contributed by atoms with van der Waals surface area (Å²) >= 11 is 1.62. The maximum atomic E-state index is 12.2. The highest BCUT2D eigenvalue weighted by Crippen LogP contribution is 2.22. The molecule has 0 atom stereocenters. The van der Waals surface area contributed by atoms with Gasteiger partial charge < -0.3 is 9.88 Å². The van der Waals surface area contributed by atoms with Crippen molar-refractivity contribution in [1.82, 2.24) is 20.1 Å². The minimum atomic E-state index is -0.0847. The van der Waals surface area contributed by atoms with E-state index in [2.05, 4.69) is 20.1 Å². The number of fused-ring (bicyclic) bond motifs is 1. The number of ketones is 1. The summed E-state index contributed by atoms with van der Waals surface area (Å²) in [6.07, 6.45) is 5.71. The van der Waals surface area contributed by atoms with Crippen LogP contribution in [0.4, 0.5) is 0 Å². The van der Waals surface area contributed by atoms with E-state index in [0.717, 1.165) is 46.4 Å². The van der Waals surface area contributed by atoms with Crippen molar-refractivity contribution in [2.24, 2.45) is 0 Å². The standard InChI is InChI=1S/C19H26N4O2S/c1-13-12-15(14(2)26-13)16(24)7-8-19(25)20-10-9-18-22-21-17-6-4-3-5-11-23(17)18/h12H,3-11H2,1-2H3,(H,20,25). The number of carbonyl (C=O) groups is 2. The minimum absolute atomic E-state index is 0.0461. The molecule has 0 spiro atoms. The van der Waals surface area contributed by atoms with E-state index in [-0.39, 0.29) is 24.5 Å². The van der Waals surface area contributed by atoms with E-state index in [1.165, 1.54) is 12.8 Å². The molecule has 1 N–H and O–H groups in total. The van der Waals surface area contributed by atoms with E-state index in [9.17, 15) is 9.59 Å². The van der Waals surface area contributed by atoms with Crippen LogP contribution in [-0.4, -0.2) is 33.0 Å². The van der Waals surface area contributed by atoms with E-state index >= 15 is 0 Å². The molecule has 0 radical (unpaired) electrons. The van der Waals surface area contributed by atoms with Crippen molar-refractivity contribution in [3.63, 3.8) is 0 Å². The van der Waals surface area contributed by atoms with Crippen LogP contribution in [0.1, 0.15) is 63.9 Å². The Balaban J connectivity index is 1.43. The molecule has 0 saturated carbocycles. The third-order valence-electron chi connectivity index (χ3n) is 4.78. The molecule has 2 aromatic rings.